The normalized spacial score (nSPS) is 10.2. The molecule has 0 saturated heterocycles. The van der Waals surface area contributed by atoms with Gasteiger partial charge in [-0.2, -0.15) is 5.26 Å². The largest absolute Gasteiger partial charge is 0.293 e. The van der Waals surface area contributed by atoms with Gasteiger partial charge in [0.1, 0.15) is 0 Å². The van der Waals surface area contributed by atoms with E-state index < -0.39 is 0 Å². The van der Waals surface area contributed by atoms with Gasteiger partial charge in [0.05, 0.1) is 11.6 Å². The molecule has 1 rings (SSSR count). The maximum atomic E-state index is 8.56. The minimum Gasteiger partial charge on any atom is -0.293 e. The van der Waals surface area contributed by atoms with Crippen molar-refractivity contribution in [1.82, 2.24) is 0 Å². The van der Waals surface area contributed by atoms with E-state index in [1.54, 1.807) is 12.1 Å². The lowest BCUT2D eigenvalue weighted by molar-refractivity contribution is 0.937. The second kappa shape index (κ2) is 5.10. The summed E-state index contributed by atoms with van der Waals surface area (Å²) in [6, 6.07) is 9.48. The average Bonchev–Trinajstić information content (AvgIpc) is 2.19. The minimum atomic E-state index is 0.688. The first-order valence-electron chi connectivity index (χ1n) is 4.37. The van der Waals surface area contributed by atoms with Gasteiger partial charge in [0.2, 0.25) is 0 Å². The van der Waals surface area contributed by atoms with Crippen molar-refractivity contribution in [3.8, 4) is 6.07 Å². The summed E-state index contributed by atoms with van der Waals surface area (Å²) in [5, 5.41) is 8.56. The second-order valence-electron chi connectivity index (χ2n) is 2.77. The van der Waals surface area contributed by atoms with E-state index in [1.165, 1.54) is 0 Å². The van der Waals surface area contributed by atoms with Gasteiger partial charge in [0, 0.05) is 12.8 Å². The molecular weight excluding hydrogens is 160 g/mol. The minimum absolute atomic E-state index is 0.688. The lowest BCUT2D eigenvalue weighted by Gasteiger charge is -1.92. The maximum absolute atomic E-state index is 8.56. The zero-order valence-electron chi connectivity index (χ0n) is 7.70. The van der Waals surface area contributed by atoms with Crippen molar-refractivity contribution < 1.29 is 0 Å². The van der Waals surface area contributed by atoms with E-state index in [0.717, 1.165) is 18.5 Å². The van der Waals surface area contributed by atoms with Crippen LogP contribution in [0, 0.1) is 11.3 Å². The summed E-state index contributed by atoms with van der Waals surface area (Å²) >= 11 is 0. The number of hydrogen-bond donors (Lipinski definition) is 0. The van der Waals surface area contributed by atoms with E-state index in [0.29, 0.717) is 5.56 Å². The van der Waals surface area contributed by atoms with Gasteiger partial charge in [0.15, 0.2) is 0 Å². The summed E-state index contributed by atoms with van der Waals surface area (Å²) in [6.45, 7) is 2.95. The van der Waals surface area contributed by atoms with Crippen molar-refractivity contribution in [1.29, 1.82) is 5.26 Å². The molecule has 0 spiro atoms. The van der Waals surface area contributed by atoms with Gasteiger partial charge in [-0.05, 0) is 24.1 Å². The highest BCUT2D eigenvalue weighted by Gasteiger charge is 1.88. The van der Waals surface area contributed by atoms with Crippen molar-refractivity contribution >= 4 is 6.21 Å². The van der Waals surface area contributed by atoms with E-state index in [9.17, 15) is 0 Å². The Balaban J connectivity index is 2.65. The van der Waals surface area contributed by atoms with Gasteiger partial charge < -0.3 is 0 Å². The SMILES string of the molecule is CCCN=Cc1ccc(C#N)cc1. The summed E-state index contributed by atoms with van der Waals surface area (Å²) in [4.78, 5) is 4.21. The number of rotatable bonds is 3. The zero-order chi connectivity index (χ0) is 9.52. The van der Waals surface area contributed by atoms with Gasteiger partial charge in [-0.25, -0.2) is 0 Å². The molecule has 2 nitrogen and oxygen atoms in total. The molecule has 0 aromatic heterocycles. The Morgan fingerprint density at radius 2 is 2.08 bits per heavy atom. The summed E-state index contributed by atoms with van der Waals surface area (Å²) in [6.07, 6.45) is 2.90. The van der Waals surface area contributed by atoms with Crippen LogP contribution in [-0.2, 0) is 0 Å². The smallest absolute Gasteiger partial charge is 0.0991 e. The third-order valence-electron chi connectivity index (χ3n) is 1.63. The van der Waals surface area contributed by atoms with Crippen molar-refractivity contribution in [2.75, 3.05) is 6.54 Å². The van der Waals surface area contributed by atoms with E-state index in [1.807, 2.05) is 18.3 Å². The Labute approximate surface area is 78.5 Å². The zero-order valence-corrected chi connectivity index (χ0v) is 7.70. The predicted molar refractivity (Wildman–Crippen MR) is 53.9 cm³/mol. The van der Waals surface area contributed by atoms with E-state index in [-0.39, 0.29) is 0 Å². The topological polar surface area (TPSA) is 36.1 Å². The molecule has 2 heteroatoms. The fraction of sp³-hybridized carbons (Fsp3) is 0.273. The van der Waals surface area contributed by atoms with Gasteiger partial charge in [-0.1, -0.05) is 19.1 Å². The van der Waals surface area contributed by atoms with Crippen LogP contribution in [0.3, 0.4) is 0 Å². The van der Waals surface area contributed by atoms with Gasteiger partial charge >= 0.3 is 0 Å². The Hall–Kier alpha value is -1.62. The van der Waals surface area contributed by atoms with Crippen LogP contribution >= 0.6 is 0 Å². The molecular formula is C11H12N2. The summed E-state index contributed by atoms with van der Waals surface area (Å²) in [5.41, 5.74) is 1.74. The third kappa shape index (κ3) is 3.08. The quantitative estimate of drug-likeness (QED) is 0.645. The number of benzene rings is 1. The van der Waals surface area contributed by atoms with Gasteiger partial charge in [0.25, 0.3) is 0 Å². The molecule has 0 aliphatic rings. The van der Waals surface area contributed by atoms with E-state index in [4.69, 9.17) is 5.26 Å². The Kier molecular flexibility index (Phi) is 3.72. The predicted octanol–water partition coefficient (Wildman–Crippen LogP) is 2.39. The molecule has 0 aliphatic heterocycles. The Bertz CT molecular complexity index is 317. The molecule has 0 atom stereocenters. The number of nitriles is 1. The first-order chi connectivity index (χ1) is 6.36. The molecule has 0 unspecified atom stereocenters. The van der Waals surface area contributed by atoms with Crippen LogP contribution in [0.4, 0.5) is 0 Å². The number of aliphatic imine (C=N–C) groups is 1. The van der Waals surface area contributed by atoms with Crippen molar-refractivity contribution in [2.45, 2.75) is 13.3 Å². The summed E-state index contributed by atoms with van der Waals surface area (Å²) in [5.74, 6) is 0. The maximum Gasteiger partial charge on any atom is 0.0991 e. The molecule has 13 heavy (non-hydrogen) atoms. The van der Waals surface area contributed by atoms with Crippen LogP contribution in [0.2, 0.25) is 0 Å². The highest BCUT2D eigenvalue weighted by Crippen LogP contribution is 2.00. The molecule has 0 fully saturated rings. The summed E-state index contributed by atoms with van der Waals surface area (Å²) in [7, 11) is 0. The molecule has 1 aromatic carbocycles. The average molecular weight is 172 g/mol. The Morgan fingerprint density at radius 1 is 1.38 bits per heavy atom. The second-order valence-corrected chi connectivity index (χ2v) is 2.77. The molecule has 0 bridgehead atoms. The Morgan fingerprint density at radius 3 is 2.62 bits per heavy atom. The van der Waals surface area contributed by atoms with Crippen LogP contribution in [0.15, 0.2) is 29.3 Å². The van der Waals surface area contributed by atoms with Crippen LogP contribution < -0.4 is 0 Å². The van der Waals surface area contributed by atoms with Crippen LogP contribution in [0.5, 0.6) is 0 Å². The monoisotopic (exact) mass is 172 g/mol. The first-order valence-corrected chi connectivity index (χ1v) is 4.37. The van der Waals surface area contributed by atoms with E-state index in [2.05, 4.69) is 18.0 Å². The summed E-state index contributed by atoms with van der Waals surface area (Å²) < 4.78 is 0. The molecule has 0 heterocycles. The first kappa shape index (κ1) is 9.47. The van der Waals surface area contributed by atoms with Gasteiger partial charge in [-0.15, -0.1) is 0 Å². The van der Waals surface area contributed by atoms with Crippen LogP contribution in [0.1, 0.15) is 24.5 Å². The number of hydrogen-bond acceptors (Lipinski definition) is 2. The third-order valence-corrected chi connectivity index (χ3v) is 1.63. The fourth-order valence-corrected chi connectivity index (χ4v) is 0.943. The highest BCUT2D eigenvalue weighted by atomic mass is 14.7. The molecule has 0 aliphatic carbocycles. The highest BCUT2D eigenvalue weighted by molar-refractivity contribution is 5.79. The molecule has 0 N–H and O–H groups in total. The lowest BCUT2D eigenvalue weighted by Crippen LogP contribution is -1.83. The molecule has 66 valence electrons. The van der Waals surface area contributed by atoms with Crippen LogP contribution in [-0.4, -0.2) is 12.8 Å². The standard InChI is InChI=1S/C11H12N2/c1-2-7-13-9-11-5-3-10(8-12)4-6-11/h3-6,9H,2,7H2,1H3. The van der Waals surface area contributed by atoms with Crippen molar-refractivity contribution in [3.63, 3.8) is 0 Å². The van der Waals surface area contributed by atoms with Gasteiger partial charge in [-0.3, -0.25) is 4.99 Å². The lowest BCUT2D eigenvalue weighted by atomic mass is 10.2. The van der Waals surface area contributed by atoms with Crippen molar-refractivity contribution in [3.05, 3.63) is 35.4 Å². The van der Waals surface area contributed by atoms with Crippen molar-refractivity contribution in [2.24, 2.45) is 4.99 Å². The number of nitrogens with zero attached hydrogens (tertiary/aromatic N) is 2. The molecule has 0 amide bonds. The van der Waals surface area contributed by atoms with Crippen LogP contribution in [0.25, 0.3) is 0 Å². The van der Waals surface area contributed by atoms with E-state index >= 15 is 0 Å². The molecule has 0 radical (unpaired) electrons. The molecule has 1 aromatic rings. The molecule has 0 saturated carbocycles. The fourth-order valence-electron chi connectivity index (χ4n) is 0.943.